The maximum atomic E-state index is 12.5. The third kappa shape index (κ3) is 4.68. The number of fused-ring (bicyclic) bond motifs is 1. The van der Waals surface area contributed by atoms with E-state index in [0.717, 1.165) is 5.56 Å². The summed E-state index contributed by atoms with van der Waals surface area (Å²) in [5, 5.41) is 3.32. The van der Waals surface area contributed by atoms with E-state index in [1.54, 1.807) is 42.7 Å². The Morgan fingerprint density at radius 2 is 1.94 bits per heavy atom. The van der Waals surface area contributed by atoms with Crippen LogP contribution in [-0.4, -0.2) is 32.9 Å². The van der Waals surface area contributed by atoms with Gasteiger partial charge in [-0.1, -0.05) is 23.2 Å². The quantitative estimate of drug-likeness (QED) is 0.408. The molecule has 31 heavy (non-hydrogen) atoms. The largest absolute Gasteiger partial charge is 0.449 e. The number of ether oxygens (including phenoxy) is 1. The number of halogens is 2. The van der Waals surface area contributed by atoms with Crippen molar-refractivity contribution in [2.75, 3.05) is 5.32 Å². The van der Waals surface area contributed by atoms with Crippen molar-refractivity contribution in [1.29, 1.82) is 0 Å². The van der Waals surface area contributed by atoms with Gasteiger partial charge < -0.3 is 15.0 Å². The molecule has 9 heteroatoms. The van der Waals surface area contributed by atoms with Gasteiger partial charge in [0.2, 0.25) is 0 Å². The van der Waals surface area contributed by atoms with Crippen LogP contribution in [0.25, 0.3) is 22.4 Å². The predicted octanol–water partition coefficient (Wildman–Crippen LogP) is 5.12. The molecular formula is C22H16Cl2N4O3. The SMILES string of the molecule is CC(OC(=O)c1ccc2nc(-c3cccnc3)[nH]c2c1)C(=O)Nc1ccc(Cl)c(Cl)c1. The Hall–Kier alpha value is -3.42. The molecule has 156 valence electrons. The lowest BCUT2D eigenvalue weighted by Gasteiger charge is -2.14. The summed E-state index contributed by atoms with van der Waals surface area (Å²) >= 11 is 11.8. The number of hydrogen-bond acceptors (Lipinski definition) is 5. The molecule has 7 nitrogen and oxygen atoms in total. The van der Waals surface area contributed by atoms with Crippen LogP contribution in [0.2, 0.25) is 10.0 Å². The zero-order valence-electron chi connectivity index (χ0n) is 16.2. The van der Waals surface area contributed by atoms with Crippen molar-refractivity contribution < 1.29 is 14.3 Å². The van der Waals surface area contributed by atoms with E-state index < -0.39 is 18.0 Å². The molecule has 1 atom stereocenters. The molecule has 0 aliphatic carbocycles. The van der Waals surface area contributed by atoms with E-state index in [1.165, 1.54) is 13.0 Å². The summed E-state index contributed by atoms with van der Waals surface area (Å²) in [6.45, 7) is 1.49. The lowest BCUT2D eigenvalue weighted by atomic mass is 10.2. The first-order valence-electron chi connectivity index (χ1n) is 9.28. The van der Waals surface area contributed by atoms with E-state index in [0.29, 0.717) is 38.2 Å². The number of amides is 1. The van der Waals surface area contributed by atoms with E-state index in [2.05, 4.69) is 20.3 Å². The van der Waals surface area contributed by atoms with Crippen LogP contribution in [0.15, 0.2) is 60.9 Å². The Morgan fingerprint density at radius 3 is 2.68 bits per heavy atom. The number of aromatic amines is 1. The second-order valence-corrected chi connectivity index (χ2v) is 7.54. The van der Waals surface area contributed by atoms with Gasteiger partial charge in [0.15, 0.2) is 6.10 Å². The Bertz CT molecular complexity index is 1270. The smallest absolute Gasteiger partial charge is 0.338 e. The fourth-order valence-electron chi connectivity index (χ4n) is 2.88. The van der Waals surface area contributed by atoms with Crippen molar-refractivity contribution in [2.45, 2.75) is 13.0 Å². The van der Waals surface area contributed by atoms with Crippen LogP contribution in [0.1, 0.15) is 17.3 Å². The minimum absolute atomic E-state index is 0.295. The first kappa shape index (κ1) is 20.8. The fraction of sp³-hybridized carbons (Fsp3) is 0.0909. The van der Waals surface area contributed by atoms with Crippen molar-refractivity contribution in [2.24, 2.45) is 0 Å². The van der Waals surface area contributed by atoms with E-state index in [9.17, 15) is 9.59 Å². The Morgan fingerprint density at radius 1 is 1.10 bits per heavy atom. The topological polar surface area (TPSA) is 97.0 Å². The number of carbonyl (C=O) groups excluding carboxylic acids is 2. The van der Waals surface area contributed by atoms with Gasteiger partial charge in [0.1, 0.15) is 5.82 Å². The first-order chi connectivity index (χ1) is 14.9. The number of aromatic nitrogens is 3. The highest BCUT2D eigenvalue weighted by Gasteiger charge is 2.20. The molecule has 0 aliphatic heterocycles. The monoisotopic (exact) mass is 454 g/mol. The number of pyridine rings is 1. The number of nitrogens with one attached hydrogen (secondary N) is 2. The Balaban J connectivity index is 1.45. The lowest BCUT2D eigenvalue weighted by molar-refractivity contribution is -0.123. The van der Waals surface area contributed by atoms with Crippen molar-refractivity contribution >= 4 is 51.8 Å². The van der Waals surface area contributed by atoms with Gasteiger partial charge >= 0.3 is 5.97 Å². The molecule has 0 fully saturated rings. The summed E-state index contributed by atoms with van der Waals surface area (Å²) in [6.07, 6.45) is 2.35. The van der Waals surface area contributed by atoms with Crippen LogP contribution < -0.4 is 5.32 Å². The number of benzene rings is 2. The van der Waals surface area contributed by atoms with Gasteiger partial charge in [0, 0.05) is 23.6 Å². The highest BCUT2D eigenvalue weighted by atomic mass is 35.5. The van der Waals surface area contributed by atoms with Gasteiger partial charge in [-0.05, 0) is 55.5 Å². The number of rotatable bonds is 5. The Kier molecular flexibility index (Phi) is 5.88. The van der Waals surface area contributed by atoms with Crippen LogP contribution in [0.4, 0.5) is 5.69 Å². The number of hydrogen-bond donors (Lipinski definition) is 2. The van der Waals surface area contributed by atoms with Gasteiger partial charge in [0.25, 0.3) is 5.91 Å². The van der Waals surface area contributed by atoms with Crippen LogP contribution in [0.3, 0.4) is 0 Å². The predicted molar refractivity (Wildman–Crippen MR) is 119 cm³/mol. The summed E-state index contributed by atoms with van der Waals surface area (Å²) in [6, 6.07) is 13.3. The Labute approximate surface area is 187 Å². The molecule has 0 aliphatic rings. The average Bonchev–Trinajstić information content (AvgIpc) is 3.20. The van der Waals surface area contributed by atoms with Crippen molar-refractivity contribution in [3.63, 3.8) is 0 Å². The highest BCUT2D eigenvalue weighted by molar-refractivity contribution is 6.42. The molecule has 2 N–H and O–H groups in total. The van der Waals surface area contributed by atoms with E-state index in [-0.39, 0.29) is 0 Å². The molecule has 2 aromatic carbocycles. The molecule has 4 aromatic rings. The summed E-state index contributed by atoms with van der Waals surface area (Å²) < 4.78 is 5.31. The van der Waals surface area contributed by atoms with Crippen molar-refractivity contribution in [3.05, 3.63) is 76.5 Å². The molecule has 4 rings (SSSR count). The molecule has 1 unspecified atom stereocenters. The number of nitrogens with zero attached hydrogens (tertiary/aromatic N) is 2. The van der Waals surface area contributed by atoms with E-state index >= 15 is 0 Å². The lowest BCUT2D eigenvalue weighted by Crippen LogP contribution is -2.30. The second-order valence-electron chi connectivity index (χ2n) is 6.72. The number of anilines is 1. The van der Waals surface area contributed by atoms with Gasteiger partial charge in [-0.15, -0.1) is 0 Å². The number of carbonyl (C=O) groups is 2. The molecule has 1 amide bonds. The first-order valence-corrected chi connectivity index (χ1v) is 10.0. The standard InChI is InChI=1S/C22H16Cl2N4O3/c1-12(21(29)26-15-5-6-16(23)17(24)10-15)31-22(30)13-4-7-18-19(9-13)28-20(27-18)14-3-2-8-25-11-14/h2-12H,1H3,(H,26,29)(H,27,28). The molecule has 0 spiro atoms. The number of esters is 1. The summed E-state index contributed by atoms with van der Waals surface area (Å²) in [4.78, 5) is 36.7. The van der Waals surface area contributed by atoms with Gasteiger partial charge in [-0.3, -0.25) is 9.78 Å². The maximum Gasteiger partial charge on any atom is 0.338 e. The van der Waals surface area contributed by atoms with Crippen molar-refractivity contribution in [3.8, 4) is 11.4 Å². The second kappa shape index (κ2) is 8.75. The summed E-state index contributed by atoms with van der Waals surface area (Å²) in [7, 11) is 0. The van der Waals surface area contributed by atoms with Crippen LogP contribution >= 0.6 is 23.2 Å². The summed E-state index contributed by atoms with van der Waals surface area (Å²) in [5.41, 5.74) is 2.93. The number of H-pyrrole nitrogens is 1. The third-order valence-corrected chi connectivity index (χ3v) is 5.23. The zero-order chi connectivity index (χ0) is 22.0. The van der Waals surface area contributed by atoms with Crippen LogP contribution in [-0.2, 0) is 9.53 Å². The summed E-state index contributed by atoms with van der Waals surface area (Å²) in [5.74, 6) is -0.479. The molecule has 0 saturated heterocycles. The number of imidazole rings is 1. The minimum atomic E-state index is -1.02. The maximum absolute atomic E-state index is 12.5. The van der Waals surface area contributed by atoms with Gasteiger partial charge in [-0.25, -0.2) is 9.78 Å². The van der Waals surface area contributed by atoms with Gasteiger partial charge in [0.05, 0.1) is 26.6 Å². The van der Waals surface area contributed by atoms with Crippen LogP contribution in [0.5, 0.6) is 0 Å². The molecule has 0 saturated carbocycles. The zero-order valence-corrected chi connectivity index (χ0v) is 17.7. The molecular weight excluding hydrogens is 439 g/mol. The fourth-order valence-corrected chi connectivity index (χ4v) is 3.17. The van der Waals surface area contributed by atoms with Crippen LogP contribution in [0, 0.1) is 0 Å². The molecule has 2 heterocycles. The van der Waals surface area contributed by atoms with E-state index in [4.69, 9.17) is 27.9 Å². The van der Waals surface area contributed by atoms with E-state index in [1.807, 2.05) is 12.1 Å². The highest BCUT2D eigenvalue weighted by Crippen LogP contribution is 2.25. The molecule has 0 radical (unpaired) electrons. The minimum Gasteiger partial charge on any atom is -0.449 e. The third-order valence-electron chi connectivity index (χ3n) is 4.49. The normalized spacial score (nSPS) is 11.8. The molecule has 2 aromatic heterocycles. The van der Waals surface area contributed by atoms with Gasteiger partial charge in [-0.2, -0.15) is 0 Å². The molecule has 0 bridgehead atoms. The van der Waals surface area contributed by atoms with Crippen molar-refractivity contribution in [1.82, 2.24) is 15.0 Å². The average molecular weight is 455 g/mol.